The van der Waals surface area contributed by atoms with Crippen molar-refractivity contribution in [2.45, 2.75) is 44.9 Å². The minimum Gasteiger partial charge on any atom is -0.444 e. The maximum absolute atomic E-state index is 11.8. The van der Waals surface area contributed by atoms with E-state index in [4.69, 9.17) is 4.74 Å². The van der Waals surface area contributed by atoms with Gasteiger partial charge in [-0.2, -0.15) is 0 Å². The summed E-state index contributed by atoms with van der Waals surface area (Å²) in [7, 11) is 1.50. The zero-order valence-corrected chi connectivity index (χ0v) is 10.7. The van der Waals surface area contributed by atoms with E-state index in [0.717, 1.165) is 0 Å². The molecule has 1 saturated heterocycles. The molecule has 0 aromatic rings. The fraction of sp³-hybridized carbons (Fsp3) is 0.818. The molecule has 1 unspecified atom stereocenters. The number of carbonyl (C=O) groups excluding carboxylic acids is 2. The third kappa shape index (κ3) is 3.59. The largest absolute Gasteiger partial charge is 0.444 e. The molecule has 2 N–H and O–H groups in total. The lowest BCUT2D eigenvalue weighted by Gasteiger charge is -2.27. The Hall–Kier alpha value is -1.30. The fourth-order valence-corrected chi connectivity index (χ4v) is 1.75. The number of aliphatic hydroxyl groups excluding tert-OH is 1. The number of rotatable bonds is 1. The highest BCUT2D eigenvalue weighted by atomic mass is 16.6. The van der Waals surface area contributed by atoms with Crippen LogP contribution in [0.2, 0.25) is 0 Å². The molecule has 0 aromatic carbocycles. The van der Waals surface area contributed by atoms with Crippen molar-refractivity contribution in [3.63, 3.8) is 0 Å². The van der Waals surface area contributed by atoms with Crippen molar-refractivity contribution in [3.8, 4) is 0 Å². The van der Waals surface area contributed by atoms with Crippen LogP contribution in [0.25, 0.3) is 0 Å². The summed E-state index contributed by atoms with van der Waals surface area (Å²) in [6.45, 7) is 5.40. The molecular formula is C11H20N2O4. The highest BCUT2D eigenvalue weighted by Gasteiger charge is 2.40. The average Bonchev–Trinajstić information content (AvgIpc) is 2.56. The van der Waals surface area contributed by atoms with Crippen molar-refractivity contribution in [2.75, 3.05) is 13.6 Å². The lowest BCUT2D eigenvalue weighted by Crippen LogP contribution is -2.46. The van der Waals surface area contributed by atoms with Crippen molar-refractivity contribution in [1.29, 1.82) is 0 Å². The zero-order chi connectivity index (χ0) is 13.2. The Bertz CT molecular complexity index is 311. The quantitative estimate of drug-likeness (QED) is 0.686. The first-order valence-electron chi connectivity index (χ1n) is 5.64. The van der Waals surface area contributed by atoms with E-state index < -0.39 is 23.8 Å². The second-order valence-corrected chi connectivity index (χ2v) is 5.15. The average molecular weight is 244 g/mol. The summed E-state index contributed by atoms with van der Waals surface area (Å²) in [6.07, 6.45) is -0.994. The Labute approximate surface area is 101 Å². The number of hydrogen-bond donors (Lipinski definition) is 2. The molecule has 0 bridgehead atoms. The molecule has 1 aliphatic rings. The molecule has 0 aliphatic carbocycles. The summed E-state index contributed by atoms with van der Waals surface area (Å²) >= 11 is 0. The molecule has 0 saturated carbocycles. The van der Waals surface area contributed by atoms with Crippen LogP contribution in [0.4, 0.5) is 4.79 Å². The predicted molar refractivity (Wildman–Crippen MR) is 61.4 cm³/mol. The van der Waals surface area contributed by atoms with Crippen LogP contribution in [-0.4, -0.2) is 53.3 Å². The second kappa shape index (κ2) is 4.91. The number of ether oxygens (including phenoxy) is 1. The lowest BCUT2D eigenvalue weighted by atomic mass is 10.2. The maximum Gasteiger partial charge on any atom is 0.411 e. The van der Waals surface area contributed by atoms with E-state index in [1.165, 1.54) is 11.9 Å². The van der Waals surface area contributed by atoms with E-state index in [1.807, 2.05) is 0 Å². The van der Waals surface area contributed by atoms with Crippen LogP contribution in [0.1, 0.15) is 27.2 Å². The molecule has 2 amide bonds. The minimum atomic E-state index is -0.676. The standard InChI is InChI=1S/C11H20N2O4/c1-11(2,3)17-10(16)13-6-7(14)5-8(13)9(15)12-4/h7-8,14H,5-6H2,1-4H3,(H,12,15)/t7?,8-/m1/s1. The van der Waals surface area contributed by atoms with Gasteiger partial charge >= 0.3 is 6.09 Å². The van der Waals surface area contributed by atoms with Crippen LogP contribution in [0, 0.1) is 0 Å². The van der Waals surface area contributed by atoms with Gasteiger partial charge in [-0.25, -0.2) is 4.79 Å². The second-order valence-electron chi connectivity index (χ2n) is 5.15. The van der Waals surface area contributed by atoms with E-state index >= 15 is 0 Å². The molecule has 6 heteroatoms. The minimum absolute atomic E-state index is 0.132. The van der Waals surface area contributed by atoms with Gasteiger partial charge in [0.2, 0.25) is 5.91 Å². The lowest BCUT2D eigenvalue weighted by molar-refractivity contribution is -0.125. The summed E-state index contributed by atoms with van der Waals surface area (Å²) < 4.78 is 5.19. The first kappa shape index (κ1) is 13.8. The molecule has 1 fully saturated rings. The van der Waals surface area contributed by atoms with E-state index in [2.05, 4.69) is 5.32 Å². The monoisotopic (exact) mass is 244 g/mol. The van der Waals surface area contributed by atoms with Crippen LogP contribution in [0.5, 0.6) is 0 Å². The maximum atomic E-state index is 11.8. The summed E-state index contributed by atoms with van der Waals surface area (Å²) in [5.74, 6) is -0.285. The van der Waals surface area contributed by atoms with Crippen LogP contribution < -0.4 is 5.32 Å². The molecule has 2 atom stereocenters. The third-order valence-corrected chi connectivity index (χ3v) is 2.46. The normalized spacial score (nSPS) is 24.6. The Morgan fingerprint density at radius 3 is 2.47 bits per heavy atom. The first-order valence-corrected chi connectivity index (χ1v) is 5.64. The van der Waals surface area contributed by atoms with Crippen LogP contribution in [0.3, 0.4) is 0 Å². The molecule has 1 aliphatic heterocycles. The Balaban J connectivity index is 2.73. The van der Waals surface area contributed by atoms with Gasteiger partial charge in [0.1, 0.15) is 11.6 Å². The number of likely N-dealkylation sites (N-methyl/N-ethyl adjacent to an activating group) is 1. The van der Waals surface area contributed by atoms with Gasteiger partial charge in [-0.15, -0.1) is 0 Å². The van der Waals surface area contributed by atoms with Crippen molar-refractivity contribution >= 4 is 12.0 Å². The van der Waals surface area contributed by atoms with Gasteiger partial charge in [0.25, 0.3) is 0 Å². The molecular weight excluding hydrogens is 224 g/mol. The summed E-state index contributed by atoms with van der Waals surface area (Å²) in [5, 5.41) is 12.0. The van der Waals surface area contributed by atoms with Crippen molar-refractivity contribution in [3.05, 3.63) is 0 Å². The first-order chi connectivity index (χ1) is 7.74. The smallest absolute Gasteiger partial charge is 0.411 e. The molecule has 0 radical (unpaired) electrons. The molecule has 98 valence electrons. The van der Waals surface area contributed by atoms with E-state index in [0.29, 0.717) is 0 Å². The number of aliphatic hydroxyl groups is 1. The number of amides is 2. The summed E-state index contributed by atoms with van der Waals surface area (Å²) in [5.41, 5.74) is -0.613. The fourth-order valence-electron chi connectivity index (χ4n) is 1.75. The zero-order valence-electron chi connectivity index (χ0n) is 10.7. The number of nitrogens with zero attached hydrogens (tertiary/aromatic N) is 1. The highest BCUT2D eigenvalue weighted by molar-refractivity contribution is 5.86. The van der Waals surface area contributed by atoms with Crippen LogP contribution >= 0.6 is 0 Å². The predicted octanol–water partition coefficient (Wildman–Crippen LogP) is 0.103. The number of nitrogens with one attached hydrogen (secondary N) is 1. The Kier molecular flexibility index (Phi) is 3.98. The summed E-state index contributed by atoms with van der Waals surface area (Å²) in [4.78, 5) is 24.7. The highest BCUT2D eigenvalue weighted by Crippen LogP contribution is 2.21. The van der Waals surface area contributed by atoms with Gasteiger partial charge in [-0.1, -0.05) is 0 Å². The summed E-state index contributed by atoms with van der Waals surface area (Å²) in [6, 6.07) is -0.648. The number of likely N-dealkylation sites (tertiary alicyclic amines) is 1. The Morgan fingerprint density at radius 1 is 1.41 bits per heavy atom. The van der Waals surface area contributed by atoms with Gasteiger partial charge in [-0.3, -0.25) is 9.69 Å². The van der Waals surface area contributed by atoms with Crippen LogP contribution in [0.15, 0.2) is 0 Å². The Morgan fingerprint density at radius 2 is 2.00 bits per heavy atom. The molecule has 0 spiro atoms. The van der Waals surface area contributed by atoms with E-state index in [9.17, 15) is 14.7 Å². The van der Waals surface area contributed by atoms with Crippen molar-refractivity contribution in [2.24, 2.45) is 0 Å². The van der Waals surface area contributed by atoms with Gasteiger partial charge in [0.05, 0.1) is 12.6 Å². The van der Waals surface area contributed by atoms with Gasteiger partial charge in [-0.05, 0) is 20.8 Å². The van der Waals surface area contributed by atoms with E-state index in [1.54, 1.807) is 20.8 Å². The van der Waals surface area contributed by atoms with Gasteiger partial charge in [0, 0.05) is 13.5 Å². The number of carbonyl (C=O) groups is 2. The molecule has 1 heterocycles. The van der Waals surface area contributed by atoms with Crippen LogP contribution in [-0.2, 0) is 9.53 Å². The molecule has 1 rings (SSSR count). The molecule has 0 aromatic heterocycles. The van der Waals surface area contributed by atoms with Crippen molar-refractivity contribution < 1.29 is 19.4 Å². The van der Waals surface area contributed by atoms with Gasteiger partial charge in [0.15, 0.2) is 0 Å². The third-order valence-electron chi connectivity index (χ3n) is 2.46. The molecule has 6 nitrogen and oxygen atoms in total. The SMILES string of the molecule is CNC(=O)[C@H]1CC(O)CN1C(=O)OC(C)(C)C. The van der Waals surface area contributed by atoms with E-state index in [-0.39, 0.29) is 18.9 Å². The van der Waals surface area contributed by atoms with Gasteiger partial charge < -0.3 is 15.2 Å². The number of β-amino-alcohol motifs (C(OH)–C–C–N with tert-alkyl or cyclic N) is 1. The number of hydrogen-bond acceptors (Lipinski definition) is 4. The topological polar surface area (TPSA) is 78.9 Å². The molecule has 17 heavy (non-hydrogen) atoms. The van der Waals surface area contributed by atoms with Crippen molar-refractivity contribution in [1.82, 2.24) is 10.2 Å².